The highest BCUT2D eigenvalue weighted by atomic mass is 16.2. The number of amides is 2. The van der Waals surface area contributed by atoms with Crippen molar-refractivity contribution in [1.29, 1.82) is 0 Å². The lowest BCUT2D eigenvalue weighted by Crippen LogP contribution is -2.60. The number of rotatable bonds is 3. The van der Waals surface area contributed by atoms with Gasteiger partial charge in [-0.2, -0.15) is 0 Å². The molecule has 2 heterocycles. The van der Waals surface area contributed by atoms with Crippen molar-refractivity contribution >= 4 is 23.2 Å². The number of nitrogens with zero attached hydrogens (tertiary/aromatic N) is 1. The van der Waals surface area contributed by atoms with Crippen LogP contribution in [0.5, 0.6) is 0 Å². The molecule has 1 spiro atoms. The Labute approximate surface area is 147 Å². The van der Waals surface area contributed by atoms with Crippen molar-refractivity contribution in [2.24, 2.45) is 5.92 Å². The first kappa shape index (κ1) is 15.7. The fraction of sp³-hybridized carbons (Fsp3) is 0.300. The van der Waals surface area contributed by atoms with Gasteiger partial charge in [0.15, 0.2) is 0 Å². The second kappa shape index (κ2) is 5.62. The van der Waals surface area contributed by atoms with Gasteiger partial charge in [-0.05, 0) is 30.5 Å². The summed E-state index contributed by atoms with van der Waals surface area (Å²) in [4.78, 5) is 27.8. The van der Waals surface area contributed by atoms with E-state index in [1.54, 1.807) is 11.0 Å². The van der Waals surface area contributed by atoms with Gasteiger partial charge in [0.2, 0.25) is 5.66 Å². The Kier molecular flexibility index (Phi) is 3.53. The van der Waals surface area contributed by atoms with E-state index in [2.05, 4.69) is 24.5 Å². The molecule has 0 radical (unpaired) electrons. The van der Waals surface area contributed by atoms with Crippen molar-refractivity contribution in [3.8, 4) is 0 Å². The Balaban J connectivity index is 1.80. The molecule has 2 aromatic rings. The van der Waals surface area contributed by atoms with Crippen molar-refractivity contribution < 1.29 is 9.59 Å². The first-order valence-corrected chi connectivity index (χ1v) is 8.64. The molecule has 5 heteroatoms. The second-order valence-corrected chi connectivity index (χ2v) is 7.03. The van der Waals surface area contributed by atoms with E-state index >= 15 is 0 Å². The summed E-state index contributed by atoms with van der Waals surface area (Å²) in [6.45, 7) is 4.91. The number of hydrogen-bond acceptors (Lipinski definition) is 3. The maximum Gasteiger partial charge on any atom is 0.278 e. The first-order valence-electron chi connectivity index (χ1n) is 8.64. The molecule has 0 unspecified atom stereocenters. The van der Waals surface area contributed by atoms with E-state index in [-0.39, 0.29) is 11.8 Å². The molecule has 0 saturated carbocycles. The topological polar surface area (TPSA) is 61.4 Å². The third-order valence-electron chi connectivity index (χ3n) is 4.89. The predicted molar refractivity (Wildman–Crippen MR) is 97.5 cm³/mol. The molecule has 2 aliphatic rings. The van der Waals surface area contributed by atoms with Crippen LogP contribution in [0.25, 0.3) is 0 Å². The summed E-state index contributed by atoms with van der Waals surface area (Å²) in [5.41, 5.74) is 1.67. The smallest absolute Gasteiger partial charge is 0.278 e. The number of para-hydroxylation sites is 2. The summed E-state index contributed by atoms with van der Waals surface area (Å²) < 4.78 is 0. The normalized spacial score (nSPS) is 21.2. The van der Waals surface area contributed by atoms with E-state index in [1.165, 1.54) is 0 Å². The number of carbonyl (C=O) groups is 2. The molecule has 0 aromatic heterocycles. The molecule has 1 atom stereocenters. The van der Waals surface area contributed by atoms with Crippen LogP contribution in [0, 0.1) is 5.92 Å². The lowest BCUT2D eigenvalue weighted by Gasteiger charge is -2.36. The van der Waals surface area contributed by atoms with Crippen molar-refractivity contribution in [3.63, 3.8) is 0 Å². The summed E-state index contributed by atoms with van der Waals surface area (Å²) >= 11 is 0. The molecular formula is C20H21N3O2. The largest absolute Gasteiger partial charge is 0.350 e. The average molecular weight is 335 g/mol. The number of carbonyl (C=O) groups excluding carboxylic acids is 2. The minimum Gasteiger partial charge on any atom is -0.350 e. The third kappa shape index (κ3) is 2.30. The second-order valence-electron chi connectivity index (χ2n) is 7.03. The van der Waals surface area contributed by atoms with E-state index in [0.29, 0.717) is 23.7 Å². The van der Waals surface area contributed by atoms with E-state index in [1.807, 2.05) is 42.5 Å². The zero-order valence-corrected chi connectivity index (χ0v) is 14.4. The standard InChI is InChI=1S/C20H21N3O2/c1-13(2)11-12-23-17-10-6-4-8-15(17)20(19(23)25)21-16-9-5-3-7-14(16)18(24)22-20/h3-10,13,21H,11-12H2,1-2H3,(H,22,24)/t20-/m0/s1. The summed E-state index contributed by atoms with van der Waals surface area (Å²) in [5.74, 6) is 0.131. The molecule has 2 N–H and O–H groups in total. The Morgan fingerprint density at radius 1 is 1.00 bits per heavy atom. The maximum absolute atomic E-state index is 13.4. The van der Waals surface area contributed by atoms with Crippen LogP contribution in [0.1, 0.15) is 36.2 Å². The van der Waals surface area contributed by atoms with Crippen molar-refractivity contribution in [3.05, 3.63) is 59.7 Å². The van der Waals surface area contributed by atoms with E-state index in [4.69, 9.17) is 0 Å². The van der Waals surface area contributed by atoms with Crippen LogP contribution >= 0.6 is 0 Å². The average Bonchev–Trinajstić information content (AvgIpc) is 2.82. The summed E-state index contributed by atoms with van der Waals surface area (Å²) in [6, 6.07) is 14.9. The number of nitrogens with one attached hydrogen (secondary N) is 2. The van der Waals surface area contributed by atoms with Gasteiger partial charge in [-0.1, -0.05) is 44.2 Å². The molecule has 25 heavy (non-hydrogen) atoms. The summed E-state index contributed by atoms with van der Waals surface area (Å²) in [7, 11) is 0. The van der Waals surface area contributed by atoms with E-state index < -0.39 is 5.66 Å². The Hall–Kier alpha value is -2.82. The van der Waals surface area contributed by atoms with Crippen LogP contribution in [0.4, 0.5) is 11.4 Å². The minimum absolute atomic E-state index is 0.128. The predicted octanol–water partition coefficient (Wildman–Crippen LogP) is 3.09. The Bertz CT molecular complexity index is 862. The van der Waals surface area contributed by atoms with Crippen molar-refractivity contribution in [1.82, 2.24) is 5.32 Å². The van der Waals surface area contributed by atoms with Gasteiger partial charge in [0.1, 0.15) is 0 Å². The zero-order chi connectivity index (χ0) is 17.6. The number of benzene rings is 2. The van der Waals surface area contributed by atoms with Crippen molar-refractivity contribution in [2.45, 2.75) is 25.9 Å². The van der Waals surface area contributed by atoms with Gasteiger partial charge < -0.3 is 15.5 Å². The van der Waals surface area contributed by atoms with E-state index in [9.17, 15) is 9.59 Å². The van der Waals surface area contributed by atoms with Gasteiger partial charge in [0.05, 0.1) is 11.3 Å². The molecule has 0 saturated heterocycles. The fourth-order valence-corrected chi connectivity index (χ4v) is 3.57. The highest BCUT2D eigenvalue weighted by Gasteiger charge is 2.54. The minimum atomic E-state index is -1.22. The lowest BCUT2D eigenvalue weighted by molar-refractivity contribution is -0.123. The van der Waals surface area contributed by atoms with Gasteiger partial charge in [-0.3, -0.25) is 9.59 Å². The third-order valence-corrected chi connectivity index (χ3v) is 4.89. The van der Waals surface area contributed by atoms with Gasteiger partial charge in [-0.25, -0.2) is 0 Å². The zero-order valence-electron chi connectivity index (χ0n) is 14.4. The van der Waals surface area contributed by atoms with Crippen LogP contribution in [0.2, 0.25) is 0 Å². The van der Waals surface area contributed by atoms with Crippen molar-refractivity contribution in [2.75, 3.05) is 16.8 Å². The monoisotopic (exact) mass is 335 g/mol. The molecule has 0 bridgehead atoms. The quantitative estimate of drug-likeness (QED) is 0.906. The Morgan fingerprint density at radius 2 is 1.72 bits per heavy atom. The van der Waals surface area contributed by atoms with Gasteiger partial charge in [-0.15, -0.1) is 0 Å². The number of anilines is 2. The molecular weight excluding hydrogens is 314 g/mol. The maximum atomic E-state index is 13.4. The molecule has 4 rings (SSSR count). The Morgan fingerprint density at radius 3 is 2.52 bits per heavy atom. The summed E-state index contributed by atoms with van der Waals surface area (Å²) in [6.07, 6.45) is 0.903. The van der Waals surface area contributed by atoms with Gasteiger partial charge in [0.25, 0.3) is 11.8 Å². The first-order chi connectivity index (χ1) is 12.0. The molecule has 2 aromatic carbocycles. The van der Waals surface area contributed by atoms with Crippen LogP contribution in [0.15, 0.2) is 48.5 Å². The molecule has 0 aliphatic carbocycles. The fourth-order valence-electron chi connectivity index (χ4n) is 3.57. The van der Waals surface area contributed by atoms with Gasteiger partial charge >= 0.3 is 0 Å². The van der Waals surface area contributed by atoms with Crippen LogP contribution in [0.3, 0.4) is 0 Å². The number of fused-ring (bicyclic) bond motifs is 3. The molecule has 2 aliphatic heterocycles. The SMILES string of the molecule is CC(C)CCN1C(=O)[C@@]2(NC(=O)c3ccccc3N2)c2ccccc21. The van der Waals surface area contributed by atoms with Crippen LogP contribution < -0.4 is 15.5 Å². The highest BCUT2D eigenvalue weighted by molar-refractivity contribution is 6.15. The highest BCUT2D eigenvalue weighted by Crippen LogP contribution is 2.43. The lowest BCUT2D eigenvalue weighted by atomic mass is 9.96. The number of hydrogen-bond donors (Lipinski definition) is 2. The van der Waals surface area contributed by atoms with Crippen LogP contribution in [-0.4, -0.2) is 18.4 Å². The van der Waals surface area contributed by atoms with Gasteiger partial charge in [0, 0.05) is 17.8 Å². The van der Waals surface area contributed by atoms with Crippen LogP contribution in [-0.2, 0) is 10.5 Å². The summed E-state index contributed by atoms with van der Waals surface area (Å²) in [5, 5.41) is 6.23. The molecule has 5 nitrogen and oxygen atoms in total. The molecule has 0 fully saturated rings. The molecule has 2 amide bonds. The molecule has 128 valence electrons. The van der Waals surface area contributed by atoms with E-state index in [0.717, 1.165) is 17.7 Å².